The number of rotatable bonds is 4. The van der Waals surface area contributed by atoms with Gasteiger partial charge < -0.3 is 0 Å². The lowest BCUT2D eigenvalue weighted by atomic mass is 10.1. The number of halogens is 3. The van der Waals surface area contributed by atoms with E-state index < -0.39 is 0 Å². The highest BCUT2D eigenvalue weighted by atomic mass is 35.5. The lowest BCUT2D eigenvalue weighted by Crippen LogP contribution is -2.09. The van der Waals surface area contributed by atoms with Crippen molar-refractivity contribution in [2.75, 3.05) is 0 Å². The summed E-state index contributed by atoms with van der Waals surface area (Å²) in [4.78, 5) is 12.3. The lowest BCUT2D eigenvalue weighted by Gasteiger charge is -2.06. The first-order valence-corrected chi connectivity index (χ1v) is 7.26. The predicted octanol–water partition coefficient (Wildman–Crippen LogP) is 4.37. The third kappa shape index (κ3) is 2.85. The summed E-state index contributed by atoms with van der Waals surface area (Å²) in [7, 11) is 1.77. The van der Waals surface area contributed by atoms with Gasteiger partial charge in [-0.2, -0.15) is 5.10 Å². The molecule has 0 saturated carbocycles. The Labute approximate surface area is 132 Å². The molecule has 0 atom stereocenters. The summed E-state index contributed by atoms with van der Waals surface area (Å²) in [5.74, 6) is -0.134. The fraction of sp³-hybridized carbons (Fsp3) is 0.286. The van der Waals surface area contributed by atoms with Crippen molar-refractivity contribution in [3.63, 3.8) is 0 Å². The van der Waals surface area contributed by atoms with Crippen LogP contribution in [0.25, 0.3) is 0 Å². The maximum Gasteiger partial charge on any atom is 0.170 e. The summed E-state index contributed by atoms with van der Waals surface area (Å²) in [6, 6.07) is 5.00. The van der Waals surface area contributed by atoms with E-state index in [0.29, 0.717) is 21.3 Å². The fourth-order valence-electron chi connectivity index (χ4n) is 1.98. The second-order valence-electron chi connectivity index (χ2n) is 4.39. The van der Waals surface area contributed by atoms with Crippen LogP contribution >= 0.6 is 34.8 Å². The molecule has 0 bridgehead atoms. The molecule has 1 heterocycles. The van der Waals surface area contributed by atoms with Gasteiger partial charge in [-0.05, 0) is 18.6 Å². The molecule has 0 aliphatic heterocycles. The Hall–Kier alpha value is -1.03. The standard InChI is InChI=1S/C14H13Cl3N2O/c1-3-10-14(17)11(19(2)18-10)7-12(20)8-5-4-6-9(15)13(8)16/h4-6H,3,7H2,1-2H3. The summed E-state index contributed by atoms with van der Waals surface area (Å²) < 4.78 is 1.64. The monoisotopic (exact) mass is 330 g/mol. The highest BCUT2D eigenvalue weighted by molar-refractivity contribution is 6.44. The lowest BCUT2D eigenvalue weighted by molar-refractivity contribution is 0.0991. The Bertz CT molecular complexity index is 665. The summed E-state index contributed by atoms with van der Waals surface area (Å²) in [5, 5.41) is 5.47. The van der Waals surface area contributed by atoms with E-state index in [1.807, 2.05) is 6.92 Å². The number of nitrogens with zero attached hydrogens (tertiary/aromatic N) is 2. The van der Waals surface area contributed by atoms with E-state index in [4.69, 9.17) is 34.8 Å². The van der Waals surface area contributed by atoms with E-state index in [9.17, 15) is 4.79 Å². The minimum absolute atomic E-state index is 0.134. The average Bonchev–Trinajstić information content (AvgIpc) is 2.69. The number of hydrogen-bond donors (Lipinski definition) is 0. The van der Waals surface area contributed by atoms with Crippen molar-refractivity contribution in [1.29, 1.82) is 0 Å². The first kappa shape index (κ1) is 15.4. The van der Waals surface area contributed by atoms with Crippen molar-refractivity contribution in [3.05, 3.63) is 50.2 Å². The van der Waals surface area contributed by atoms with Crippen molar-refractivity contribution >= 4 is 40.6 Å². The van der Waals surface area contributed by atoms with Crippen LogP contribution in [-0.2, 0) is 19.9 Å². The zero-order chi connectivity index (χ0) is 14.9. The van der Waals surface area contributed by atoms with Gasteiger partial charge in [0.05, 0.1) is 32.9 Å². The average molecular weight is 332 g/mol. The molecule has 0 saturated heterocycles. The normalized spacial score (nSPS) is 10.8. The van der Waals surface area contributed by atoms with E-state index in [1.54, 1.807) is 29.9 Å². The van der Waals surface area contributed by atoms with E-state index in [2.05, 4.69) is 5.10 Å². The molecule has 0 spiro atoms. The van der Waals surface area contributed by atoms with Gasteiger partial charge in [0, 0.05) is 12.6 Å². The SMILES string of the molecule is CCc1nn(C)c(CC(=O)c2cccc(Cl)c2Cl)c1Cl. The Kier molecular flexibility index (Phi) is 4.74. The van der Waals surface area contributed by atoms with Crippen LogP contribution in [0.3, 0.4) is 0 Å². The maximum absolute atomic E-state index is 12.3. The minimum Gasteiger partial charge on any atom is -0.294 e. The first-order valence-electron chi connectivity index (χ1n) is 6.13. The van der Waals surface area contributed by atoms with Crippen molar-refractivity contribution in [3.8, 4) is 0 Å². The van der Waals surface area contributed by atoms with Gasteiger partial charge in [0.15, 0.2) is 5.78 Å². The largest absolute Gasteiger partial charge is 0.294 e. The Morgan fingerprint density at radius 2 is 1.95 bits per heavy atom. The van der Waals surface area contributed by atoms with Crippen LogP contribution in [0.2, 0.25) is 15.1 Å². The Morgan fingerprint density at radius 3 is 2.55 bits per heavy atom. The molecule has 0 aliphatic rings. The van der Waals surface area contributed by atoms with Crippen LogP contribution in [0.4, 0.5) is 0 Å². The molecular formula is C14H13Cl3N2O. The fourth-order valence-corrected chi connectivity index (χ4v) is 2.74. The van der Waals surface area contributed by atoms with Gasteiger partial charge in [0.2, 0.25) is 0 Å². The van der Waals surface area contributed by atoms with Gasteiger partial charge in [-0.1, -0.05) is 47.8 Å². The molecule has 2 rings (SSSR count). The third-order valence-electron chi connectivity index (χ3n) is 3.08. The van der Waals surface area contributed by atoms with Crippen LogP contribution in [0.5, 0.6) is 0 Å². The van der Waals surface area contributed by atoms with Crippen LogP contribution in [-0.4, -0.2) is 15.6 Å². The topological polar surface area (TPSA) is 34.9 Å². The summed E-state index contributed by atoms with van der Waals surface area (Å²) in [5.41, 5.74) is 1.87. The van der Waals surface area contributed by atoms with Crippen molar-refractivity contribution in [1.82, 2.24) is 9.78 Å². The molecule has 20 heavy (non-hydrogen) atoms. The first-order chi connectivity index (χ1) is 9.45. The molecule has 0 fully saturated rings. The number of carbonyl (C=O) groups excluding carboxylic acids is 1. The zero-order valence-corrected chi connectivity index (χ0v) is 13.4. The van der Waals surface area contributed by atoms with Crippen LogP contribution < -0.4 is 0 Å². The number of carbonyl (C=O) groups is 1. The van der Waals surface area contributed by atoms with Gasteiger partial charge in [0.1, 0.15) is 0 Å². The maximum atomic E-state index is 12.3. The molecule has 1 aromatic carbocycles. The molecule has 106 valence electrons. The molecule has 3 nitrogen and oxygen atoms in total. The van der Waals surface area contributed by atoms with Gasteiger partial charge in [0.25, 0.3) is 0 Å². The highest BCUT2D eigenvalue weighted by Crippen LogP contribution is 2.28. The van der Waals surface area contributed by atoms with Crippen molar-refractivity contribution in [2.24, 2.45) is 7.05 Å². The van der Waals surface area contributed by atoms with E-state index in [-0.39, 0.29) is 17.2 Å². The molecule has 0 unspecified atom stereocenters. The zero-order valence-electron chi connectivity index (χ0n) is 11.1. The molecule has 2 aromatic rings. The number of Topliss-reactive ketones (excluding diaryl/α,β-unsaturated/α-hetero) is 1. The Balaban J connectivity index is 2.33. The minimum atomic E-state index is -0.134. The highest BCUT2D eigenvalue weighted by Gasteiger charge is 2.19. The molecular weight excluding hydrogens is 319 g/mol. The van der Waals surface area contributed by atoms with Gasteiger partial charge in [-0.25, -0.2) is 0 Å². The molecule has 1 aromatic heterocycles. The summed E-state index contributed by atoms with van der Waals surface area (Å²) >= 11 is 18.2. The molecule has 6 heteroatoms. The summed E-state index contributed by atoms with van der Waals surface area (Å²) in [6.45, 7) is 1.97. The molecule has 0 radical (unpaired) electrons. The van der Waals surface area contributed by atoms with Crippen molar-refractivity contribution < 1.29 is 4.79 Å². The van der Waals surface area contributed by atoms with Gasteiger partial charge in [-0.3, -0.25) is 9.48 Å². The van der Waals surface area contributed by atoms with Gasteiger partial charge in [-0.15, -0.1) is 0 Å². The van der Waals surface area contributed by atoms with Crippen LogP contribution in [0.1, 0.15) is 28.7 Å². The van der Waals surface area contributed by atoms with Crippen LogP contribution in [0.15, 0.2) is 18.2 Å². The molecule has 0 amide bonds. The van der Waals surface area contributed by atoms with E-state index in [1.165, 1.54) is 0 Å². The number of ketones is 1. The van der Waals surface area contributed by atoms with Gasteiger partial charge >= 0.3 is 0 Å². The van der Waals surface area contributed by atoms with Crippen LogP contribution in [0, 0.1) is 0 Å². The smallest absolute Gasteiger partial charge is 0.170 e. The second kappa shape index (κ2) is 6.17. The van der Waals surface area contributed by atoms with E-state index in [0.717, 1.165) is 12.1 Å². The second-order valence-corrected chi connectivity index (χ2v) is 5.55. The number of hydrogen-bond acceptors (Lipinski definition) is 2. The van der Waals surface area contributed by atoms with Crippen molar-refractivity contribution in [2.45, 2.75) is 19.8 Å². The number of benzene rings is 1. The Morgan fingerprint density at radius 1 is 1.25 bits per heavy atom. The molecule has 0 aliphatic carbocycles. The summed E-state index contributed by atoms with van der Waals surface area (Å²) in [6.07, 6.45) is 0.862. The molecule has 0 N–H and O–H groups in total. The number of aryl methyl sites for hydroxylation is 2. The predicted molar refractivity (Wildman–Crippen MR) is 82.1 cm³/mol. The van der Waals surface area contributed by atoms with E-state index >= 15 is 0 Å². The number of aromatic nitrogens is 2. The quantitative estimate of drug-likeness (QED) is 0.780. The third-order valence-corrected chi connectivity index (χ3v) is 4.34.